The number of amides is 1. The van der Waals surface area contributed by atoms with Crippen LogP contribution in [0.3, 0.4) is 0 Å². The second-order valence-electron chi connectivity index (χ2n) is 6.02. The van der Waals surface area contributed by atoms with Gasteiger partial charge >= 0.3 is 0 Å². The van der Waals surface area contributed by atoms with E-state index < -0.39 is 9.84 Å². The zero-order valence-corrected chi connectivity index (χ0v) is 16.9. The van der Waals surface area contributed by atoms with Crippen molar-refractivity contribution in [1.82, 2.24) is 0 Å². The van der Waals surface area contributed by atoms with Gasteiger partial charge in [0.25, 0.3) is 0 Å². The Labute approximate surface area is 167 Å². The van der Waals surface area contributed by atoms with Crippen molar-refractivity contribution >= 4 is 56.4 Å². The molecule has 1 aliphatic heterocycles. The third-order valence-corrected chi connectivity index (χ3v) is 7.59. The fourth-order valence-corrected chi connectivity index (χ4v) is 5.98. The van der Waals surface area contributed by atoms with Crippen LogP contribution in [0.2, 0.25) is 10.0 Å². The molecule has 0 aliphatic carbocycles. The van der Waals surface area contributed by atoms with Crippen LogP contribution in [0.4, 0.5) is 5.69 Å². The predicted octanol–water partition coefficient (Wildman–Crippen LogP) is 4.31. The minimum Gasteiger partial charge on any atom is -0.308 e. The van der Waals surface area contributed by atoms with E-state index in [1.165, 1.54) is 11.8 Å². The van der Waals surface area contributed by atoms with Gasteiger partial charge in [0.2, 0.25) is 5.91 Å². The lowest BCUT2D eigenvalue weighted by atomic mass is 10.2. The van der Waals surface area contributed by atoms with Gasteiger partial charge in [-0.3, -0.25) is 4.79 Å². The van der Waals surface area contributed by atoms with Crippen molar-refractivity contribution in [3.05, 3.63) is 58.6 Å². The van der Waals surface area contributed by atoms with E-state index in [1.807, 2.05) is 30.3 Å². The number of thioether (sulfide) groups is 1. The smallest absolute Gasteiger partial charge is 0.237 e. The molecule has 1 atom stereocenters. The third kappa shape index (κ3) is 4.74. The molecular weight excluding hydrogens is 413 g/mol. The summed E-state index contributed by atoms with van der Waals surface area (Å²) < 4.78 is 23.8. The summed E-state index contributed by atoms with van der Waals surface area (Å²) in [7, 11) is -3.10. The molecule has 138 valence electrons. The molecule has 0 saturated carbocycles. The monoisotopic (exact) mass is 429 g/mol. The van der Waals surface area contributed by atoms with Crippen molar-refractivity contribution in [2.75, 3.05) is 22.2 Å². The van der Waals surface area contributed by atoms with E-state index in [1.54, 1.807) is 23.1 Å². The Hall–Kier alpha value is -1.21. The average molecular weight is 430 g/mol. The number of carbonyl (C=O) groups excluding carboxylic acids is 1. The number of hydrogen-bond acceptors (Lipinski definition) is 4. The van der Waals surface area contributed by atoms with E-state index in [0.717, 1.165) is 4.90 Å². The molecule has 26 heavy (non-hydrogen) atoms. The number of benzene rings is 2. The first kappa shape index (κ1) is 19.5. The molecule has 0 bridgehead atoms. The van der Waals surface area contributed by atoms with Gasteiger partial charge < -0.3 is 4.90 Å². The maximum atomic E-state index is 12.9. The molecule has 4 nitrogen and oxygen atoms in total. The van der Waals surface area contributed by atoms with Gasteiger partial charge in [-0.15, -0.1) is 11.8 Å². The molecule has 0 spiro atoms. The van der Waals surface area contributed by atoms with Crippen molar-refractivity contribution < 1.29 is 13.2 Å². The molecule has 1 saturated heterocycles. The zero-order chi connectivity index (χ0) is 18.7. The van der Waals surface area contributed by atoms with Crippen LogP contribution in [0.1, 0.15) is 6.42 Å². The second kappa shape index (κ2) is 8.21. The van der Waals surface area contributed by atoms with Crippen LogP contribution in [-0.2, 0) is 14.6 Å². The van der Waals surface area contributed by atoms with Crippen LogP contribution >= 0.6 is 35.0 Å². The van der Waals surface area contributed by atoms with E-state index in [9.17, 15) is 13.2 Å². The van der Waals surface area contributed by atoms with Gasteiger partial charge in [-0.25, -0.2) is 8.42 Å². The number of nitrogens with zero attached hydrogens (tertiary/aromatic N) is 1. The van der Waals surface area contributed by atoms with Crippen LogP contribution in [0.25, 0.3) is 0 Å². The first-order valence-electron chi connectivity index (χ1n) is 8.01. The lowest BCUT2D eigenvalue weighted by Gasteiger charge is -2.28. The normalized spacial score (nSPS) is 18.6. The Bertz CT molecular complexity index is 904. The van der Waals surface area contributed by atoms with Crippen LogP contribution in [0, 0.1) is 0 Å². The molecular formula is C18H17Cl2NO3S2. The van der Waals surface area contributed by atoms with Crippen LogP contribution in [-0.4, -0.2) is 37.6 Å². The van der Waals surface area contributed by atoms with Gasteiger partial charge in [-0.1, -0.05) is 41.4 Å². The van der Waals surface area contributed by atoms with Gasteiger partial charge in [0.05, 0.1) is 28.3 Å². The molecule has 8 heteroatoms. The molecule has 1 unspecified atom stereocenters. The Balaban J connectivity index is 1.80. The molecule has 2 aromatic rings. The van der Waals surface area contributed by atoms with Gasteiger partial charge in [0, 0.05) is 15.6 Å². The molecule has 0 radical (unpaired) electrons. The Kier molecular flexibility index (Phi) is 6.17. The Morgan fingerprint density at radius 3 is 2.54 bits per heavy atom. The summed E-state index contributed by atoms with van der Waals surface area (Å²) in [6, 6.07) is 13.9. The lowest BCUT2D eigenvalue weighted by Crippen LogP contribution is -2.42. The highest BCUT2D eigenvalue weighted by Crippen LogP contribution is 2.31. The average Bonchev–Trinajstić information content (AvgIpc) is 2.96. The number of anilines is 1. The number of sulfone groups is 1. The van der Waals surface area contributed by atoms with Crippen LogP contribution in [0.15, 0.2) is 53.4 Å². The quantitative estimate of drug-likeness (QED) is 0.664. The summed E-state index contributed by atoms with van der Waals surface area (Å²) >= 11 is 13.4. The molecule has 0 N–H and O–H groups in total. The summed E-state index contributed by atoms with van der Waals surface area (Å²) in [6.07, 6.45) is 0.450. The minimum atomic E-state index is -3.10. The van der Waals surface area contributed by atoms with Crippen molar-refractivity contribution in [2.24, 2.45) is 0 Å². The Morgan fingerprint density at radius 2 is 1.88 bits per heavy atom. The fraction of sp³-hybridized carbons (Fsp3) is 0.278. The largest absolute Gasteiger partial charge is 0.308 e. The van der Waals surface area contributed by atoms with Crippen LogP contribution in [0.5, 0.6) is 0 Å². The first-order chi connectivity index (χ1) is 12.4. The molecule has 0 aromatic heterocycles. The summed E-state index contributed by atoms with van der Waals surface area (Å²) in [6.45, 7) is 0. The fourth-order valence-electron chi connectivity index (χ4n) is 2.92. The second-order valence-corrected chi connectivity index (χ2v) is 10.1. The standard InChI is InChI=1S/C18H17Cl2NO3S2/c19-13-6-7-16(20)17(10-13)25-11-18(22)21(14-4-2-1-3-5-14)15-8-9-26(23,24)12-15/h1-7,10,15H,8-9,11-12H2. The van der Waals surface area contributed by atoms with E-state index in [-0.39, 0.29) is 29.2 Å². The Morgan fingerprint density at radius 1 is 1.15 bits per heavy atom. The predicted molar refractivity (Wildman–Crippen MR) is 108 cm³/mol. The van der Waals surface area contributed by atoms with Crippen molar-refractivity contribution in [3.8, 4) is 0 Å². The van der Waals surface area contributed by atoms with E-state index >= 15 is 0 Å². The summed E-state index contributed by atoms with van der Waals surface area (Å²) in [5.74, 6) is 0.0999. The highest BCUT2D eigenvalue weighted by Gasteiger charge is 2.35. The third-order valence-electron chi connectivity index (χ3n) is 4.12. The maximum absolute atomic E-state index is 12.9. The van der Waals surface area contributed by atoms with E-state index in [4.69, 9.17) is 23.2 Å². The first-order valence-corrected chi connectivity index (χ1v) is 11.6. The number of para-hydroxylation sites is 1. The molecule has 2 aromatic carbocycles. The number of carbonyl (C=O) groups is 1. The zero-order valence-electron chi connectivity index (χ0n) is 13.8. The van der Waals surface area contributed by atoms with E-state index in [0.29, 0.717) is 22.2 Å². The van der Waals surface area contributed by atoms with Crippen molar-refractivity contribution in [2.45, 2.75) is 17.4 Å². The van der Waals surface area contributed by atoms with Gasteiger partial charge in [-0.2, -0.15) is 0 Å². The molecule has 1 amide bonds. The maximum Gasteiger partial charge on any atom is 0.237 e. The molecule has 1 fully saturated rings. The number of halogens is 2. The molecule has 1 heterocycles. The van der Waals surface area contributed by atoms with Gasteiger partial charge in [0.1, 0.15) is 0 Å². The topological polar surface area (TPSA) is 54.5 Å². The highest BCUT2D eigenvalue weighted by atomic mass is 35.5. The van der Waals surface area contributed by atoms with Gasteiger partial charge in [0.15, 0.2) is 9.84 Å². The highest BCUT2D eigenvalue weighted by molar-refractivity contribution is 8.00. The summed E-state index contributed by atoms with van der Waals surface area (Å²) in [4.78, 5) is 15.3. The summed E-state index contributed by atoms with van der Waals surface area (Å²) in [5, 5.41) is 1.08. The SMILES string of the molecule is O=C(CSc1cc(Cl)ccc1Cl)N(c1ccccc1)C1CCS(=O)(=O)C1. The van der Waals surface area contributed by atoms with Crippen molar-refractivity contribution in [3.63, 3.8) is 0 Å². The number of hydrogen-bond donors (Lipinski definition) is 0. The minimum absolute atomic E-state index is 0.00375. The molecule has 3 rings (SSSR count). The summed E-state index contributed by atoms with van der Waals surface area (Å²) in [5.41, 5.74) is 0.706. The number of rotatable bonds is 5. The molecule has 1 aliphatic rings. The van der Waals surface area contributed by atoms with Crippen LogP contribution < -0.4 is 4.90 Å². The van der Waals surface area contributed by atoms with Gasteiger partial charge in [-0.05, 0) is 36.8 Å². The lowest BCUT2D eigenvalue weighted by molar-refractivity contribution is -0.116. The van der Waals surface area contributed by atoms with E-state index in [2.05, 4.69) is 0 Å². The van der Waals surface area contributed by atoms with Crippen molar-refractivity contribution in [1.29, 1.82) is 0 Å².